The maximum atomic E-state index is 12.4. The SMILES string of the molecule is CCOc1ccc(NC(=O)/C(C#N)=C\N2CCc3ccccc32)cc1. The second kappa shape index (κ2) is 7.54. The average Bonchev–Trinajstić information content (AvgIpc) is 3.04. The van der Waals surface area contributed by atoms with Crippen molar-refractivity contribution < 1.29 is 9.53 Å². The molecule has 3 rings (SSSR count). The van der Waals surface area contributed by atoms with Crippen LogP contribution in [-0.4, -0.2) is 19.1 Å². The Morgan fingerprint density at radius 2 is 2.04 bits per heavy atom. The van der Waals surface area contributed by atoms with Gasteiger partial charge in [-0.1, -0.05) is 18.2 Å². The van der Waals surface area contributed by atoms with Gasteiger partial charge in [-0.15, -0.1) is 0 Å². The van der Waals surface area contributed by atoms with Crippen molar-refractivity contribution in [3.05, 3.63) is 65.9 Å². The molecule has 2 aromatic carbocycles. The zero-order valence-corrected chi connectivity index (χ0v) is 14.0. The van der Waals surface area contributed by atoms with Crippen molar-refractivity contribution in [2.45, 2.75) is 13.3 Å². The molecule has 1 N–H and O–H groups in total. The molecule has 0 radical (unpaired) electrons. The topological polar surface area (TPSA) is 65.4 Å². The molecular formula is C20H19N3O2. The van der Waals surface area contributed by atoms with Gasteiger partial charge < -0.3 is 15.0 Å². The normalized spacial score (nSPS) is 13.1. The van der Waals surface area contributed by atoms with Gasteiger partial charge in [0.1, 0.15) is 17.4 Å². The number of nitriles is 1. The van der Waals surface area contributed by atoms with Crippen LogP contribution in [0.15, 0.2) is 60.3 Å². The molecule has 0 unspecified atom stereocenters. The molecular weight excluding hydrogens is 314 g/mol. The third-order valence-electron chi connectivity index (χ3n) is 4.00. The lowest BCUT2D eigenvalue weighted by Crippen LogP contribution is -2.19. The van der Waals surface area contributed by atoms with Crippen LogP contribution in [0.5, 0.6) is 5.75 Å². The van der Waals surface area contributed by atoms with E-state index in [2.05, 4.69) is 11.4 Å². The number of rotatable bonds is 5. The van der Waals surface area contributed by atoms with Crippen LogP contribution in [-0.2, 0) is 11.2 Å². The first-order valence-electron chi connectivity index (χ1n) is 8.22. The molecule has 126 valence electrons. The number of para-hydroxylation sites is 1. The van der Waals surface area contributed by atoms with Crippen LogP contribution in [0, 0.1) is 11.3 Å². The number of nitrogens with zero attached hydrogens (tertiary/aromatic N) is 2. The third kappa shape index (κ3) is 3.81. The van der Waals surface area contributed by atoms with Gasteiger partial charge in [-0.25, -0.2) is 0 Å². The monoisotopic (exact) mass is 333 g/mol. The summed E-state index contributed by atoms with van der Waals surface area (Å²) in [7, 11) is 0. The standard InChI is InChI=1S/C20H19N3O2/c1-2-25-18-9-7-17(8-10-18)22-20(24)16(13-21)14-23-12-11-15-5-3-4-6-19(15)23/h3-10,14H,2,11-12H2,1H3,(H,22,24)/b16-14-. The Labute approximate surface area is 147 Å². The van der Waals surface area contributed by atoms with Gasteiger partial charge in [0.2, 0.25) is 0 Å². The highest BCUT2D eigenvalue weighted by Gasteiger charge is 2.19. The van der Waals surface area contributed by atoms with E-state index in [1.54, 1.807) is 30.5 Å². The molecule has 1 heterocycles. The number of amides is 1. The summed E-state index contributed by atoms with van der Waals surface area (Å²) in [6.07, 6.45) is 2.53. The first kappa shape index (κ1) is 16.6. The van der Waals surface area contributed by atoms with E-state index in [-0.39, 0.29) is 5.57 Å². The number of benzene rings is 2. The van der Waals surface area contributed by atoms with Crippen molar-refractivity contribution in [3.63, 3.8) is 0 Å². The number of anilines is 2. The van der Waals surface area contributed by atoms with Gasteiger partial charge >= 0.3 is 0 Å². The number of carbonyl (C=O) groups is 1. The maximum Gasteiger partial charge on any atom is 0.267 e. The highest BCUT2D eigenvalue weighted by atomic mass is 16.5. The van der Waals surface area contributed by atoms with Crippen LogP contribution >= 0.6 is 0 Å². The first-order valence-corrected chi connectivity index (χ1v) is 8.22. The van der Waals surface area contributed by atoms with Gasteiger partial charge in [0.25, 0.3) is 5.91 Å². The number of hydrogen-bond acceptors (Lipinski definition) is 4. The molecule has 0 aliphatic carbocycles. The lowest BCUT2D eigenvalue weighted by Gasteiger charge is -2.14. The predicted molar refractivity (Wildman–Crippen MR) is 97.4 cm³/mol. The highest BCUT2D eigenvalue weighted by Crippen LogP contribution is 2.28. The van der Waals surface area contributed by atoms with Crippen LogP contribution < -0.4 is 15.0 Å². The van der Waals surface area contributed by atoms with E-state index < -0.39 is 5.91 Å². The molecule has 0 saturated carbocycles. The van der Waals surface area contributed by atoms with Crippen molar-refractivity contribution in [3.8, 4) is 11.8 Å². The molecule has 5 nitrogen and oxygen atoms in total. The van der Waals surface area contributed by atoms with Crippen molar-refractivity contribution in [1.82, 2.24) is 0 Å². The van der Waals surface area contributed by atoms with Crippen molar-refractivity contribution >= 4 is 17.3 Å². The molecule has 5 heteroatoms. The zero-order chi connectivity index (χ0) is 17.6. The second-order valence-corrected chi connectivity index (χ2v) is 5.64. The number of hydrogen-bond donors (Lipinski definition) is 1. The number of fused-ring (bicyclic) bond motifs is 1. The van der Waals surface area contributed by atoms with E-state index in [0.717, 1.165) is 24.4 Å². The van der Waals surface area contributed by atoms with Crippen LogP contribution in [0.2, 0.25) is 0 Å². The largest absolute Gasteiger partial charge is 0.494 e. The maximum absolute atomic E-state index is 12.4. The molecule has 1 amide bonds. The van der Waals surface area contributed by atoms with Crippen molar-refractivity contribution in [1.29, 1.82) is 5.26 Å². The van der Waals surface area contributed by atoms with Crippen LogP contribution in [0.25, 0.3) is 0 Å². The van der Waals surface area contributed by atoms with Crippen LogP contribution in [0.3, 0.4) is 0 Å². The second-order valence-electron chi connectivity index (χ2n) is 5.64. The minimum absolute atomic E-state index is 0.0746. The number of carbonyl (C=O) groups excluding carboxylic acids is 1. The lowest BCUT2D eigenvalue weighted by atomic mass is 10.2. The molecule has 0 atom stereocenters. The molecule has 0 aromatic heterocycles. The summed E-state index contributed by atoms with van der Waals surface area (Å²) in [5, 5.41) is 12.1. The van der Waals surface area contributed by atoms with E-state index in [1.807, 2.05) is 36.1 Å². The summed E-state index contributed by atoms with van der Waals surface area (Å²) in [6, 6.07) is 17.1. The van der Waals surface area contributed by atoms with E-state index in [9.17, 15) is 10.1 Å². The summed E-state index contributed by atoms with van der Waals surface area (Å²) in [4.78, 5) is 14.3. The molecule has 1 aliphatic rings. The molecule has 0 spiro atoms. The molecule has 2 aromatic rings. The molecule has 0 fully saturated rings. The summed E-state index contributed by atoms with van der Waals surface area (Å²) >= 11 is 0. The lowest BCUT2D eigenvalue weighted by molar-refractivity contribution is -0.112. The summed E-state index contributed by atoms with van der Waals surface area (Å²) in [6.45, 7) is 3.27. The minimum Gasteiger partial charge on any atom is -0.494 e. The Hall–Kier alpha value is -3.26. The Bertz CT molecular complexity index is 835. The fourth-order valence-corrected chi connectivity index (χ4v) is 2.79. The van der Waals surface area contributed by atoms with Crippen LogP contribution in [0.4, 0.5) is 11.4 Å². The summed E-state index contributed by atoms with van der Waals surface area (Å²) in [5.41, 5.74) is 2.97. The highest BCUT2D eigenvalue weighted by molar-refractivity contribution is 6.06. The summed E-state index contributed by atoms with van der Waals surface area (Å²) < 4.78 is 5.37. The van der Waals surface area contributed by atoms with Gasteiger partial charge in [0, 0.05) is 24.1 Å². The Balaban J connectivity index is 1.73. The van der Waals surface area contributed by atoms with Gasteiger partial charge in [-0.3, -0.25) is 4.79 Å². The predicted octanol–water partition coefficient (Wildman–Crippen LogP) is 3.49. The third-order valence-corrected chi connectivity index (χ3v) is 4.00. The van der Waals surface area contributed by atoms with Crippen molar-refractivity contribution in [2.24, 2.45) is 0 Å². The van der Waals surface area contributed by atoms with Gasteiger partial charge in [0.05, 0.1) is 6.61 Å². The average molecular weight is 333 g/mol. The van der Waals surface area contributed by atoms with Gasteiger partial charge in [0.15, 0.2) is 0 Å². The Morgan fingerprint density at radius 3 is 2.76 bits per heavy atom. The zero-order valence-electron chi connectivity index (χ0n) is 14.0. The number of ether oxygens (including phenoxy) is 1. The fourth-order valence-electron chi connectivity index (χ4n) is 2.79. The van der Waals surface area contributed by atoms with E-state index >= 15 is 0 Å². The molecule has 0 bridgehead atoms. The molecule has 0 saturated heterocycles. The first-order chi connectivity index (χ1) is 12.2. The molecule has 25 heavy (non-hydrogen) atoms. The minimum atomic E-state index is -0.420. The Morgan fingerprint density at radius 1 is 1.28 bits per heavy atom. The molecule has 1 aliphatic heterocycles. The van der Waals surface area contributed by atoms with E-state index in [1.165, 1.54) is 5.56 Å². The van der Waals surface area contributed by atoms with Gasteiger partial charge in [-0.2, -0.15) is 5.26 Å². The van der Waals surface area contributed by atoms with E-state index in [0.29, 0.717) is 12.3 Å². The quantitative estimate of drug-likeness (QED) is 0.672. The Kier molecular flexibility index (Phi) is 5.00. The van der Waals surface area contributed by atoms with Gasteiger partial charge in [-0.05, 0) is 49.2 Å². The number of nitrogens with one attached hydrogen (secondary N) is 1. The smallest absolute Gasteiger partial charge is 0.267 e. The van der Waals surface area contributed by atoms with E-state index in [4.69, 9.17) is 4.74 Å². The fraction of sp³-hybridized carbons (Fsp3) is 0.200. The summed E-state index contributed by atoms with van der Waals surface area (Å²) in [5.74, 6) is 0.321. The van der Waals surface area contributed by atoms with Crippen LogP contribution in [0.1, 0.15) is 12.5 Å². The van der Waals surface area contributed by atoms with Crippen molar-refractivity contribution in [2.75, 3.05) is 23.4 Å².